The second kappa shape index (κ2) is 5.44. The SMILES string of the molecule is Nc1cc2c(cc1NCc1cccc(F)c1)NC(=O)CC2. The summed E-state index contributed by atoms with van der Waals surface area (Å²) in [6.45, 7) is 0.467. The second-order valence-corrected chi connectivity index (χ2v) is 5.13. The summed E-state index contributed by atoms with van der Waals surface area (Å²) < 4.78 is 13.1. The molecule has 5 heteroatoms. The number of fused-ring (bicyclic) bond motifs is 1. The Labute approximate surface area is 122 Å². The lowest BCUT2D eigenvalue weighted by Crippen LogP contribution is -2.19. The summed E-state index contributed by atoms with van der Waals surface area (Å²) in [4.78, 5) is 11.4. The molecular weight excluding hydrogens is 269 g/mol. The first kappa shape index (κ1) is 13.4. The quantitative estimate of drug-likeness (QED) is 0.760. The van der Waals surface area contributed by atoms with E-state index in [0.29, 0.717) is 25.1 Å². The number of carbonyl (C=O) groups is 1. The Balaban J connectivity index is 1.79. The van der Waals surface area contributed by atoms with Crippen LogP contribution in [0.2, 0.25) is 0 Å². The van der Waals surface area contributed by atoms with Crippen LogP contribution in [0, 0.1) is 5.82 Å². The van der Waals surface area contributed by atoms with E-state index in [1.54, 1.807) is 6.07 Å². The maximum Gasteiger partial charge on any atom is 0.224 e. The molecule has 0 aromatic heterocycles. The Hall–Kier alpha value is -2.56. The van der Waals surface area contributed by atoms with Crippen molar-refractivity contribution in [2.45, 2.75) is 19.4 Å². The molecule has 0 fully saturated rings. The number of hydrogen-bond donors (Lipinski definition) is 3. The maximum absolute atomic E-state index is 13.1. The fraction of sp³-hybridized carbons (Fsp3) is 0.188. The Kier molecular flexibility index (Phi) is 3.48. The summed E-state index contributed by atoms with van der Waals surface area (Å²) >= 11 is 0. The number of nitrogens with one attached hydrogen (secondary N) is 2. The second-order valence-electron chi connectivity index (χ2n) is 5.13. The van der Waals surface area contributed by atoms with Crippen LogP contribution in [0.1, 0.15) is 17.5 Å². The zero-order valence-electron chi connectivity index (χ0n) is 11.4. The number of anilines is 3. The van der Waals surface area contributed by atoms with E-state index in [-0.39, 0.29) is 11.7 Å². The molecule has 3 rings (SSSR count). The first-order valence-corrected chi connectivity index (χ1v) is 6.82. The monoisotopic (exact) mass is 285 g/mol. The first-order valence-electron chi connectivity index (χ1n) is 6.82. The van der Waals surface area contributed by atoms with Crippen LogP contribution in [0.15, 0.2) is 36.4 Å². The van der Waals surface area contributed by atoms with Crippen LogP contribution in [0.3, 0.4) is 0 Å². The Morgan fingerprint density at radius 3 is 2.90 bits per heavy atom. The highest BCUT2D eigenvalue weighted by atomic mass is 19.1. The minimum Gasteiger partial charge on any atom is -0.397 e. The number of aryl methyl sites for hydroxylation is 1. The molecule has 108 valence electrons. The Morgan fingerprint density at radius 2 is 2.10 bits per heavy atom. The number of nitrogens with two attached hydrogens (primary N) is 1. The van der Waals surface area contributed by atoms with Crippen LogP contribution in [0.5, 0.6) is 0 Å². The molecule has 0 bridgehead atoms. The van der Waals surface area contributed by atoms with Gasteiger partial charge in [0.05, 0.1) is 11.4 Å². The lowest BCUT2D eigenvalue weighted by Gasteiger charge is -2.20. The number of rotatable bonds is 3. The van der Waals surface area contributed by atoms with E-state index in [4.69, 9.17) is 5.73 Å². The fourth-order valence-corrected chi connectivity index (χ4v) is 2.44. The molecule has 4 nitrogen and oxygen atoms in total. The third-order valence-electron chi connectivity index (χ3n) is 3.54. The molecule has 21 heavy (non-hydrogen) atoms. The molecule has 0 atom stereocenters. The van der Waals surface area contributed by atoms with Gasteiger partial charge in [0, 0.05) is 18.7 Å². The van der Waals surface area contributed by atoms with E-state index in [2.05, 4.69) is 10.6 Å². The summed E-state index contributed by atoms with van der Waals surface area (Å²) in [6, 6.07) is 10.1. The number of nitrogen functional groups attached to an aromatic ring is 1. The van der Waals surface area contributed by atoms with E-state index in [0.717, 1.165) is 22.5 Å². The molecule has 1 aliphatic heterocycles. The minimum atomic E-state index is -0.264. The van der Waals surface area contributed by atoms with Gasteiger partial charge >= 0.3 is 0 Å². The highest BCUT2D eigenvalue weighted by Gasteiger charge is 2.16. The van der Waals surface area contributed by atoms with Gasteiger partial charge in [-0.2, -0.15) is 0 Å². The molecule has 0 radical (unpaired) electrons. The predicted molar refractivity (Wildman–Crippen MR) is 81.5 cm³/mol. The lowest BCUT2D eigenvalue weighted by atomic mass is 10.0. The highest BCUT2D eigenvalue weighted by Crippen LogP contribution is 2.31. The van der Waals surface area contributed by atoms with Crippen molar-refractivity contribution in [3.8, 4) is 0 Å². The summed E-state index contributed by atoms with van der Waals surface area (Å²) in [5.41, 5.74) is 10.1. The number of amides is 1. The standard InChI is InChI=1S/C16H16FN3O/c17-12-3-1-2-10(6-12)9-19-15-8-14-11(7-13(15)18)4-5-16(21)20-14/h1-3,6-8,19H,4-5,9,18H2,(H,20,21). The molecule has 0 spiro atoms. The van der Waals surface area contributed by atoms with Crippen molar-refractivity contribution in [1.82, 2.24) is 0 Å². The van der Waals surface area contributed by atoms with Gasteiger partial charge in [0.15, 0.2) is 0 Å². The lowest BCUT2D eigenvalue weighted by molar-refractivity contribution is -0.116. The Morgan fingerprint density at radius 1 is 1.24 bits per heavy atom. The molecule has 4 N–H and O–H groups in total. The van der Waals surface area contributed by atoms with Crippen LogP contribution in [-0.4, -0.2) is 5.91 Å². The predicted octanol–water partition coefficient (Wildman–Crippen LogP) is 2.90. The summed E-state index contributed by atoms with van der Waals surface area (Å²) in [5.74, 6) is -0.247. The normalized spacial score (nSPS) is 13.5. The van der Waals surface area contributed by atoms with Crippen molar-refractivity contribution in [1.29, 1.82) is 0 Å². The maximum atomic E-state index is 13.1. The van der Waals surface area contributed by atoms with Crippen LogP contribution in [-0.2, 0) is 17.8 Å². The first-order chi connectivity index (χ1) is 10.1. The van der Waals surface area contributed by atoms with Crippen molar-refractivity contribution >= 4 is 23.0 Å². The van der Waals surface area contributed by atoms with Gasteiger partial charge in [-0.15, -0.1) is 0 Å². The van der Waals surface area contributed by atoms with E-state index in [1.807, 2.05) is 18.2 Å². The molecule has 0 saturated carbocycles. The minimum absolute atomic E-state index is 0.0170. The van der Waals surface area contributed by atoms with Gasteiger partial charge in [-0.3, -0.25) is 4.79 Å². The van der Waals surface area contributed by atoms with Gasteiger partial charge in [0.1, 0.15) is 5.82 Å². The number of carbonyl (C=O) groups excluding carboxylic acids is 1. The van der Waals surface area contributed by atoms with Crippen LogP contribution >= 0.6 is 0 Å². The number of hydrogen-bond acceptors (Lipinski definition) is 3. The van der Waals surface area contributed by atoms with Gasteiger partial charge in [-0.1, -0.05) is 12.1 Å². The molecule has 1 amide bonds. The third kappa shape index (κ3) is 2.97. The molecule has 0 unspecified atom stereocenters. The molecule has 2 aromatic carbocycles. The molecule has 0 saturated heterocycles. The zero-order valence-corrected chi connectivity index (χ0v) is 11.4. The average molecular weight is 285 g/mol. The van der Waals surface area contributed by atoms with E-state index >= 15 is 0 Å². The summed E-state index contributed by atoms with van der Waals surface area (Å²) in [6.07, 6.45) is 1.19. The molecular formula is C16H16FN3O. The van der Waals surface area contributed by atoms with Crippen LogP contribution in [0.25, 0.3) is 0 Å². The van der Waals surface area contributed by atoms with E-state index < -0.39 is 0 Å². The molecule has 0 aliphatic carbocycles. The zero-order chi connectivity index (χ0) is 14.8. The van der Waals surface area contributed by atoms with E-state index in [9.17, 15) is 9.18 Å². The van der Waals surface area contributed by atoms with Gasteiger partial charge in [-0.05, 0) is 41.8 Å². The summed E-state index contributed by atoms with van der Waals surface area (Å²) in [5, 5.41) is 6.02. The van der Waals surface area contributed by atoms with E-state index in [1.165, 1.54) is 12.1 Å². The number of benzene rings is 2. The van der Waals surface area contributed by atoms with Crippen molar-refractivity contribution in [3.05, 3.63) is 53.3 Å². The van der Waals surface area contributed by atoms with Crippen molar-refractivity contribution in [2.24, 2.45) is 0 Å². The van der Waals surface area contributed by atoms with Gasteiger partial charge in [0.25, 0.3) is 0 Å². The largest absolute Gasteiger partial charge is 0.397 e. The topological polar surface area (TPSA) is 67.2 Å². The molecule has 1 aliphatic rings. The van der Waals surface area contributed by atoms with Crippen LogP contribution in [0.4, 0.5) is 21.5 Å². The van der Waals surface area contributed by atoms with Crippen molar-refractivity contribution in [2.75, 3.05) is 16.4 Å². The van der Waals surface area contributed by atoms with Gasteiger partial charge in [-0.25, -0.2) is 4.39 Å². The van der Waals surface area contributed by atoms with Crippen molar-refractivity contribution < 1.29 is 9.18 Å². The highest BCUT2D eigenvalue weighted by molar-refractivity contribution is 5.95. The fourth-order valence-electron chi connectivity index (χ4n) is 2.44. The summed E-state index contributed by atoms with van der Waals surface area (Å²) in [7, 11) is 0. The number of halogens is 1. The van der Waals surface area contributed by atoms with Gasteiger partial charge < -0.3 is 16.4 Å². The third-order valence-corrected chi connectivity index (χ3v) is 3.54. The van der Waals surface area contributed by atoms with Crippen molar-refractivity contribution in [3.63, 3.8) is 0 Å². The molecule has 1 heterocycles. The van der Waals surface area contributed by atoms with Crippen LogP contribution < -0.4 is 16.4 Å². The average Bonchev–Trinajstić information content (AvgIpc) is 2.45. The Bertz CT molecular complexity index is 700. The molecule has 2 aromatic rings. The van der Waals surface area contributed by atoms with Gasteiger partial charge in [0.2, 0.25) is 5.91 Å². The smallest absolute Gasteiger partial charge is 0.224 e.